The summed E-state index contributed by atoms with van der Waals surface area (Å²) in [6, 6.07) is 8.69. The summed E-state index contributed by atoms with van der Waals surface area (Å²) in [5.41, 5.74) is 6.93. The first-order valence-corrected chi connectivity index (χ1v) is 7.88. The zero-order valence-electron chi connectivity index (χ0n) is 12.9. The van der Waals surface area contributed by atoms with E-state index in [1.54, 1.807) is 0 Å². The van der Waals surface area contributed by atoms with Gasteiger partial charge in [-0.3, -0.25) is 9.69 Å². The lowest BCUT2D eigenvalue weighted by molar-refractivity contribution is -0.126. The zero-order valence-corrected chi connectivity index (χ0v) is 12.9. The zero-order chi connectivity index (χ0) is 15.0. The number of carbonyl (C=O) groups excluding carboxylic acids is 1. The molecule has 1 amide bonds. The Labute approximate surface area is 126 Å². The summed E-state index contributed by atoms with van der Waals surface area (Å²) in [7, 11) is 0. The molecule has 0 spiro atoms. The van der Waals surface area contributed by atoms with Crippen molar-refractivity contribution < 1.29 is 4.79 Å². The minimum atomic E-state index is -0.527. The molecule has 0 bridgehead atoms. The largest absolute Gasteiger partial charge is 0.399 e. The van der Waals surface area contributed by atoms with E-state index in [9.17, 15) is 4.79 Å². The molecule has 2 fully saturated rings. The minimum Gasteiger partial charge on any atom is -0.399 e. The van der Waals surface area contributed by atoms with Crippen LogP contribution in [0.5, 0.6) is 0 Å². The summed E-state index contributed by atoms with van der Waals surface area (Å²) >= 11 is 0. The monoisotopic (exact) mass is 287 g/mol. The van der Waals surface area contributed by atoms with Gasteiger partial charge < -0.3 is 11.1 Å². The molecular weight excluding hydrogens is 262 g/mol. The van der Waals surface area contributed by atoms with Gasteiger partial charge in [-0.2, -0.15) is 0 Å². The molecule has 1 heterocycles. The second-order valence-corrected chi connectivity index (χ2v) is 6.93. The maximum Gasteiger partial charge on any atom is 0.230 e. The number of hydrogen-bond acceptors (Lipinski definition) is 3. The molecule has 114 valence electrons. The van der Waals surface area contributed by atoms with Crippen molar-refractivity contribution in [1.82, 2.24) is 10.2 Å². The Morgan fingerprint density at radius 3 is 2.52 bits per heavy atom. The van der Waals surface area contributed by atoms with Gasteiger partial charge in [0.1, 0.15) is 0 Å². The number of amides is 1. The third kappa shape index (κ3) is 3.05. The standard InChI is InChI=1S/C17H25N3O/c1-17(2,12-3-5-13(18)6-4-12)16(21)19-14-9-10-20(11-14)15-7-8-15/h3-6,14-15H,7-11,18H2,1-2H3,(H,19,21). The van der Waals surface area contributed by atoms with Gasteiger partial charge in [0.15, 0.2) is 0 Å². The van der Waals surface area contributed by atoms with Crippen LogP contribution < -0.4 is 11.1 Å². The van der Waals surface area contributed by atoms with E-state index in [0.29, 0.717) is 6.04 Å². The highest BCUT2D eigenvalue weighted by Gasteiger charge is 2.37. The SMILES string of the molecule is CC(C)(C(=O)NC1CCN(C2CC2)C1)c1ccc(N)cc1. The van der Waals surface area contributed by atoms with Crippen molar-refractivity contribution in [2.45, 2.75) is 50.6 Å². The number of nitrogens with two attached hydrogens (primary N) is 1. The summed E-state index contributed by atoms with van der Waals surface area (Å²) in [4.78, 5) is 15.2. The first kappa shape index (κ1) is 14.4. The number of likely N-dealkylation sites (tertiary alicyclic amines) is 1. The van der Waals surface area contributed by atoms with Crippen molar-refractivity contribution in [2.24, 2.45) is 0 Å². The fourth-order valence-corrected chi connectivity index (χ4v) is 3.07. The van der Waals surface area contributed by atoms with Gasteiger partial charge in [-0.1, -0.05) is 12.1 Å². The molecule has 0 aromatic heterocycles. The molecule has 3 rings (SSSR count). The Kier molecular flexibility index (Phi) is 3.66. The van der Waals surface area contributed by atoms with E-state index < -0.39 is 5.41 Å². The highest BCUT2D eigenvalue weighted by atomic mass is 16.2. The molecule has 1 atom stereocenters. The van der Waals surface area contributed by atoms with E-state index in [1.165, 1.54) is 12.8 Å². The maximum absolute atomic E-state index is 12.6. The van der Waals surface area contributed by atoms with Gasteiger partial charge in [0.05, 0.1) is 5.41 Å². The molecule has 3 N–H and O–H groups in total. The Hall–Kier alpha value is -1.55. The predicted octanol–water partition coefficient (Wildman–Crippen LogP) is 1.90. The Bertz CT molecular complexity index is 519. The normalized spacial score (nSPS) is 23.2. The van der Waals surface area contributed by atoms with Crippen LogP contribution in [0.25, 0.3) is 0 Å². The fraction of sp³-hybridized carbons (Fsp3) is 0.588. The smallest absolute Gasteiger partial charge is 0.230 e. The van der Waals surface area contributed by atoms with Crippen molar-refractivity contribution in [3.05, 3.63) is 29.8 Å². The van der Waals surface area contributed by atoms with E-state index in [2.05, 4.69) is 10.2 Å². The van der Waals surface area contributed by atoms with Crippen LogP contribution >= 0.6 is 0 Å². The van der Waals surface area contributed by atoms with Crippen LogP contribution in [0, 0.1) is 0 Å². The van der Waals surface area contributed by atoms with Crippen LogP contribution in [0.2, 0.25) is 0 Å². The molecule has 1 saturated heterocycles. The summed E-state index contributed by atoms with van der Waals surface area (Å²) in [5.74, 6) is 0.106. The molecule has 0 radical (unpaired) electrons. The molecule has 1 aromatic rings. The van der Waals surface area contributed by atoms with Crippen molar-refractivity contribution in [3.63, 3.8) is 0 Å². The molecule has 1 unspecified atom stereocenters. The predicted molar refractivity (Wildman–Crippen MR) is 85.0 cm³/mol. The van der Waals surface area contributed by atoms with E-state index in [4.69, 9.17) is 5.73 Å². The van der Waals surface area contributed by atoms with E-state index in [-0.39, 0.29) is 5.91 Å². The molecule has 1 aromatic carbocycles. The number of nitrogen functional groups attached to an aromatic ring is 1. The quantitative estimate of drug-likeness (QED) is 0.832. The summed E-state index contributed by atoms with van der Waals surface area (Å²) in [6.45, 7) is 6.08. The summed E-state index contributed by atoms with van der Waals surface area (Å²) in [5, 5.41) is 3.23. The number of benzene rings is 1. The van der Waals surface area contributed by atoms with Crippen LogP contribution in [0.15, 0.2) is 24.3 Å². The Morgan fingerprint density at radius 1 is 1.24 bits per heavy atom. The number of carbonyl (C=O) groups is 1. The number of anilines is 1. The van der Waals surface area contributed by atoms with Crippen LogP contribution in [-0.4, -0.2) is 36.0 Å². The fourth-order valence-electron chi connectivity index (χ4n) is 3.07. The highest BCUT2D eigenvalue weighted by molar-refractivity contribution is 5.87. The average Bonchev–Trinajstić information content (AvgIpc) is 3.20. The summed E-state index contributed by atoms with van der Waals surface area (Å²) < 4.78 is 0. The molecular formula is C17H25N3O. The molecule has 1 aliphatic heterocycles. The van der Waals surface area contributed by atoms with Crippen molar-refractivity contribution in [3.8, 4) is 0 Å². The van der Waals surface area contributed by atoms with Crippen LogP contribution in [0.4, 0.5) is 5.69 Å². The first-order chi connectivity index (χ1) is 9.96. The first-order valence-electron chi connectivity index (χ1n) is 7.88. The lowest BCUT2D eigenvalue weighted by Crippen LogP contribution is -2.46. The van der Waals surface area contributed by atoms with Crippen LogP contribution in [-0.2, 0) is 10.2 Å². The molecule has 1 saturated carbocycles. The number of nitrogens with one attached hydrogen (secondary N) is 1. The van der Waals surface area contributed by atoms with Crippen molar-refractivity contribution in [1.29, 1.82) is 0 Å². The average molecular weight is 287 g/mol. The highest BCUT2D eigenvalue weighted by Crippen LogP contribution is 2.30. The molecule has 4 nitrogen and oxygen atoms in total. The van der Waals surface area contributed by atoms with E-state index >= 15 is 0 Å². The molecule has 2 aliphatic rings. The maximum atomic E-state index is 12.6. The second-order valence-electron chi connectivity index (χ2n) is 6.93. The number of nitrogens with zero attached hydrogens (tertiary/aromatic N) is 1. The van der Waals surface area contributed by atoms with Gasteiger partial charge in [-0.05, 0) is 50.8 Å². The molecule has 1 aliphatic carbocycles. The lowest BCUT2D eigenvalue weighted by Gasteiger charge is -2.26. The Morgan fingerprint density at radius 2 is 1.90 bits per heavy atom. The summed E-state index contributed by atoms with van der Waals surface area (Å²) in [6.07, 6.45) is 3.73. The third-order valence-electron chi connectivity index (χ3n) is 4.82. The topological polar surface area (TPSA) is 58.4 Å². The molecule has 4 heteroatoms. The van der Waals surface area contributed by atoms with Gasteiger partial charge in [-0.15, -0.1) is 0 Å². The number of rotatable bonds is 4. The van der Waals surface area contributed by atoms with E-state index in [1.807, 2.05) is 38.1 Å². The molecule has 21 heavy (non-hydrogen) atoms. The van der Waals surface area contributed by atoms with Gasteiger partial charge in [-0.25, -0.2) is 0 Å². The van der Waals surface area contributed by atoms with Crippen molar-refractivity contribution >= 4 is 11.6 Å². The van der Waals surface area contributed by atoms with Gasteiger partial charge in [0.25, 0.3) is 0 Å². The van der Waals surface area contributed by atoms with Crippen LogP contribution in [0.1, 0.15) is 38.7 Å². The Balaban J connectivity index is 1.62. The van der Waals surface area contributed by atoms with Gasteiger partial charge >= 0.3 is 0 Å². The lowest BCUT2D eigenvalue weighted by atomic mass is 9.83. The second kappa shape index (κ2) is 5.34. The minimum absolute atomic E-state index is 0.106. The van der Waals surface area contributed by atoms with E-state index in [0.717, 1.165) is 36.8 Å². The third-order valence-corrected chi connectivity index (χ3v) is 4.82. The van der Waals surface area contributed by atoms with Crippen LogP contribution in [0.3, 0.4) is 0 Å². The van der Waals surface area contributed by atoms with Crippen molar-refractivity contribution in [2.75, 3.05) is 18.8 Å². The van der Waals surface area contributed by atoms with Gasteiger partial charge in [0, 0.05) is 30.9 Å². The van der Waals surface area contributed by atoms with Gasteiger partial charge in [0.2, 0.25) is 5.91 Å². The number of hydrogen-bond donors (Lipinski definition) is 2.